The minimum Gasteiger partial charge on any atom is -0.494 e. The van der Waals surface area contributed by atoms with Gasteiger partial charge in [-0.25, -0.2) is 0 Å². The molecule has 1 atom stereocenters. The maximum atomic E-state index is 12.7. The zero-order chi connectivity index (χ0) is 20.3. The molecule has 1 heterocycles. The van der Waals surface area contributed by atoms with Crippen molar-refractivity contribution in [3.63, 3.8) is 0 Å². The molecule has 5 heteroatoms. The molecule has 0 saturated heterocycles. The summed E-state index contributed by atoms with van der Waals surface area (Å²) in [6, 6.07) is 15.2. The van der Waals surface area contributed by atoms with Gasteiger partial charge in [-0.1, -0.05) is 32.9 Å². The third kappa shape index (κ3) is 4.25. The fourth-order valence-electron chi connectivity index (χ4n) is 2.95. The first kappa shape index (κ1) is 19.7. The van der Waals surface area contributed by atoms with Crippen molar-refractivity contribution in [3.8, 4) is 11.5 Å². The van der Waals surface area contributed by atoms with Crippen LogP contribution in [0.5, 0.6) is 11.5 Å². The number of rotatable bonds is 5. The summed E-state index contributed by atoms with van der Waals surface area (Å²) in [5, 5.41) is 3.75. The van der Waals surface area contributed by atoms with Gasteiger partial charge in [0.2, 0.25) is 0 Å². The largest absolute Gasteiger partial charge is 0.494 e. The second kappa shape index (κ2) is 7.89. The van der Waals surface area contributed by atoms with Gasteiger partial charge >= 0.3 is 0 Å². The van der Waals surface area contributed by atoms with Crippen molar-refractivity contribution in [2.45, 2.75) is 39.2 Å². The zero-order valence-electron chi connectivity index (χ0n) is 16.9. The maximum absolute atomic E-state index is 12.7. The number of carbonyl (C=O) groups is 1. The average Bonchev–Trinajstić information content (AvgIpc) is 2.68. The zero-order valence-corrected chi connectivity index (χ0v) is 16.9. The summed E-state index contributed by atoms with van der Waals surface area (Å²) in [5.74, 6) is 1.10. The first-order valence-corrected chi connectivity index (χ1v) is 9.29. The van der Waals surface area contributed by atoms with Crippen LogP contribution in [0.2, 0.25) is 0 Å². The predicted octanol–water partition coefficient (Wildman–Crippen LogP) is 4.95. The van der Waals surface area contributed by atoms with Crippen LogP contribution in [0, 0.1) is 0 Å². The van der Waals surface area contributed by atoms with Crippen LogP contribution in [0.1, 0.15) is 33.3 Å². The molecule has 0 spiro atoms. The number of carbonyl (C=O) groups excluding carboxylic acids is 1. The molecule has 0 saturated carbocycles. The summed E-state index contributed by atoms with van der Waals surface area (Å²) in [7, 11) is 1.60. The Balaban J connectivity index is 1.74. The number of amides is 1. The Morgan fingerprint density at radius 3 is 2.43 bits per heavy atom. The Labute approximate surface area is 165 Å². The van der Waals surface area contributed by atoms with Gasteiger partial charge in [0.25, 0.3) is 5.91 Å². The number of nitrogens with one attached hydrogen (secondary N) is 1. The molecule has 0 aliphatic carbocycles. The number of nitrogens with zero attached hydrogens (tertiary/aromatic N) is 1. The van der Waals surface area contributed by atoms with E-state index < -0.39 is 6.10 Å². The van der Waals surface area contributed by atoms with Crippen LogP contribution < -0.4 is 14.8 Å². The highest BCUT2D eigenvalue weighted by atomic mass is 16.5. The highest BCUT2D eigenvalue weighted by Crippen LogP contribution is 2.30. The second-order valence-electron chi connectivity index (χ2n) is 7.74. The normalized spacial score (nSPS) is 12.5. The Kier molecular flexibility index (Phi) is 5.54. The van der Waals surface area contributed by atoms with Gasteiger partial charge in [-0.15, -0.1) is 0 Å². The lowest BCUT2D eigenvalue weighted by Crippen LogP contribution is -2.30. The first-order valence-electron chi connectivity index (χ1n) is 9.29. The van der Waals surface area contributed by atoms with Crippen molar-refractivity contribution < 1.29 is 14.3 Å². The van der Waals surface area contributed by atoms with Gasteiger partial charge in [-0.3, -0.25) is 9.78 Å². The fourth-order valence-corrected chi connectivity index (χ4v) is 2.95. The molecule has 3 aromatic rings. The molecule has 0 fully saturated rings. The summed E-state index contributed by atoms with van der Waals surface area (Å²) in [5.41, 5.74) is 2.67. The second-order valence-corrected chi connectivity index (χ2v) is 7.74. The molecule has 146 valence electrons. The molecule has 0 bridgehead atoms. The highest BCUT2D eigenvalue weighted by molar-refractivity contribution is 6.04. The molecule has 0 aliphatic heterocycles. The molecule has 2 aromatic carbocycles. The van der Waals surface area contributed by atoms with Crippen molar-refractivity contribution in [3.05, 3.63) is 60.3 Å². The summed E-state index contributed by atoms with van der Waals surface area (Å²) in [4.78, 5) is 17.0. The minimum atomic E-state index is -0.644. The van der Waals surface area contributed by atoms with Crippen molar-refractivity contribution in [1.82, 2.24) is 4.98 Å². The van der Waals surface area contributed by atoms with Gasteiger partial charge in [0.1, 0.15) is 17.0 Å². The number of fused-ring (bicyclic) bond motifs is 1. The maximum Gasteiger partial charge on any atom is 0.265 e. The van der Waals surface area contributed by atoms with E-state index in [1.54, 1.807) is 26.3 Å². The van der Waals surface area contributed by atoms with Gasteiger partial charge in [0.15, 0.2) is 6.10 Å². The van der Waals surface area contributed by atoms with Crippen LogP contribution in [-0.4, -0.2) is 24.1 Å². The van der Waals surface area contributed by atoms with Gasteiger partial charge in [-0.2, -0.15) is 0 Å². The Morgan fingerprint density at radius 2 is 1.79 bits per heavy atom. The number of hydrogen-bond acceptors (Lipinski definition) is 4. The van der Waals surface area contributed by atoms with Crippen molar-refractivity contribution in [1.29, 1.82) is 0 Å². The number of ether oxygens (including phenoxy) is 2. The lowest BCUT2D eigenvalue weighted by Gasteiger charge is -2.20. The monoisotopic (exact) mass is 378 g/mol. The van der Waals surface area contributed by atoms with Crippen molar-refractivity contribution >= 4 is 22.5 Å². The van der Waals surface area contributed by atoms with Crippen molar-refractivity contribution in [2.24, 2.45) is 0 Å². The molecule has 28 heavy (non-hydrogen) atoms. The van der Waals surface area contributed by atoms with E-state index in [0.717, 1.165) is 5.39 Å². The minimum absolute atomic E-state index is 0.0744. The Morgan fingerprint density at radius 1 is 1.07 bits per heavy atom. The van der Waals surface area contributed by atoms with E-state index in [9.17, 15) is 4.79 Å². The lowest BCUT2D eigenvalue weighted by atomic mass is 9.87. The molecule has 1 aromatic heterocycles. The highest BCUT2D eigenvalue weighted by Gasteiger charge is 2.18. The van der Waals surface area contributed by atoms with Gasteiger partial charge in [-0.05, 0) is 54.3 Å². The van der Waals surface area contributed by atoms with Crippen LogP contribution >= 0.6 is 0 Å². The molecule has 3 rings (SSSR count). The quantitative estimate of drug-likeness (QED) is 0.683. The Hall–Kier alpha value is -3.08. The van der Waals surface area contributed by atoms with Crippen LogP contribution in [0.3, 0.4) is 0 Å². The summed E-state index contributed by atoms with van der Waals surface area (Å²) >= 11 is 0. The molecule has 1 N–H and O–H groups in total. The number of benzene rings is 2. The summed E-state index contributed by atoms with van der Waals surface area (Å²) in [6.07, 6.45) is 1.05. The predicted molar refractivity (Wildman–Crippen MR) is 112 cm³/mol. The molecular formula is C23H26N2O3. The first-order chi connectivity index (χ1) is 13.3. The molecule has 0 radical (unpaired) electrons. The van der Waals surface area contributed by atoms with Gasteiger partial charge in [0, 0.05) is 11.6 Å². The van der Waals surface area contributed by atoms with Crippen LogP contribution in [0.4, 0.5) is 5.69 Å². The number of pyridine rings is 1. The molecular weight excluding hydrogens is 352 g/mol. The number of aromatic nitrogens is 1. The fraction of sp³-hybridized carbons (Fsp3) is 0.304. The van der Waals surface area contributed by atoms with E-state index in [0.29, 0.717) is 22.7 Å². The molecule has 0 aliphatic rings. The third-order valence-electron chi connectivity index (χ3n) is 4.61. The molecule has 5 nitrogen and oxygen atoms in total. The number of methoxy groups -OCH3 is 1. The number of anilines is 1. The van der Waals surface area contributed by atoms with Crippen LogP contribution in [0.15, 0.2) is 54.7 Å². The lowest BCUT2D eigenvalue weighted by molar-refractivity contribution is -0.122. The smallest absolute Gasteiger partial charge is 0.265 e. The summed E-state index contributed by atoms with van der Waals surface area (Å²) < 4.78 is 11.2. The van der Waals surface area contributed by atoms with Gasteiger partial charge in [0.05, 0.1) is 12.8 Å². The third-order valence-corrected chi connectivity index (χ3v) is 4.61. The van der Waals surface area contributed by atoms with Crippen molar-refractivity contribution in [2.75, 3.05) is 12.4 Å². The van der Waals surface area contributed by atoms with E-state index in [4.69, 9.17) is 9.47 Å². The van der Waals surface area contributed by atoms with Crippen LogP contribution in [-0.2, 0) is 10.2 Å². The van der Waals surface area contributed by atoms with E-state index in [1.807, 2.05) is 42.5 Å². The molecule has 1 amide bonds. The Bertz CT molecular complexity index is 975. The average molecular weight is 378 g/mol. The molecule has 0 unspecified atom stereocenters. The number of hydrogen-bond donors (Lipinski definition) is 1. The van der Waals surface area contributed by atoms with E-state index >= 15 is 0 Å². The standard InChI is InChI=1S/C23H26N2O3/c1-15(28-17-10-8-16(9-11-17)23(2,3)4)22(26)25-19-12-13-20(27-5)21-18(19)7-6-14-24-21/h6-15H,1-5H3,(H,25,26)/t15-/m1/s1. The van der Waals surface area contributed by atoms with E-state index in [-0.39, 0.29) is 11.3 Å². The SMILES string of the molecule is COc1ccc(NC(=O)[C@@H](C)Oc2ccc(C(C)(C)C)cc2)c2cccnc12. The topological polar surface area (TPSA) is 60.5 Å². The summed E-state index contributed by atoms with van der Waals surface area (Å²) in [6.45, 7) is 8.21. The van der Waals surface area contributed by atoms with Crippen LogP contribution in [0.25, 0.3) is 10.9 Å². The van der Waals surface area contributed by atoms with E-state index in [1.165, 1.54) is 5.56 Å². The van der Waals surface area contributed by atoms with Gasteiger partial charge < -0.3 is 14.8 Å². The van der Waals surface area contributed by atoms with E-state index in [2.05, 4.69) is 31.1 Å².